The van der Waals surface area contributed by atoms with Gasteiger partial charge in [0.15, 0.2) is 5.60 Å². The first-order chi connectivity index (χ1) is 18.1. The number of aryl methyl sites for hydroxylation is 1. The van der Waals surface area contributed by atoms with Crippen LogP contribution in [-0.4, -0.2) is 41.3 Å². The largest absolute Gasteiger partial charge is 0.466 e. The highest BCUT2D eigenvalue weighted by Gasteiger charge is 2.45. The minimum Gasteiger partial charge on any atom is -0.466 e. The number of nitrogens with zero attached hydrogens (tertiary/aromatic N) is 2. The number of pyridine rings is 2. The van der Waals surface area contributed by atoms with Crippen LogP contribution in [-0.2, 0) is 44.2 Å². The molecule has 2 aliphatic heterocycles. The topological polar surface area (TPSA) is 108 Å². The Morgan fingerprint density at radius 2 is 1.97 bits per heavy atom. The molecule has 4 heterocycles. The number of esters is 2. The Morgan fingerprint density at radius 3 is 2.71 bits per heavy atom. The van der Waals surface area contributed by atoms with Gasteiger partial charge in [-0.25, -0.2) is 9.78 Å². The van der Waals surface area contributed by atoms with Crippen LogP contribution in [0.25, 0.3) is 22.3 Å². The molecule has 0 saturated heterocycles. The van der Waals surface area contributed by atoms with Crippen molar-refractivity contribution in [1.82, 2.24) is 9.55 Å². The minimum atomic E-state index is -1.84. The number of benzene rings is 1. The van der Waals surface area contributed by atoms with E-state index in [0.29, 0.717) is 30.0 Å². The Hall–Kier alpha value is -3.30. The van der Waals surface area contributed by atoms with E-state index in [1.54, 1.807) is 17.6 Å². The molecule has 0 fully saturated rings. The molecule has 2 aromatic heterocycles. The third-order valence-electron chi connectivity index (χ3n) is 8.07. The maximum atomic E-state index is 13.6. The lowest BCUT2D eigenvalue weighted by molar-refractivity contribution is -0.172. The fourth-order valence-electron chi connectivity index (χ4n) is 5.75. The van der Waals surface area contributed by atoms with Crippen LogP contribution in [0.1, 0.15) is 48.9 Å². The second kappa shape index (κ2) is 9.78. The predicted octanol–water partition coefficient (Wildman–Crippen LogP) is 4.28. The van der Waals surface area contributed by atoms with Gasteiger partial charge in [-0.05, 0) is 37.0 Å². The summed E-state index contributed by atoms with van der Waals surface area (Å²) >= 11 is 0. The van der Waals surface area contributed by atoms with Gasteiger partial charge in [0, 0.05) is 31.5 Å². The van der Waals surface area contributed by atoms with E-state index in [0.717, 1.165) is 47.1 Å². The first kappa shape index (κ1) is 26.3. The molecule has 0 radical (unpaired) electrons. The molecular weight excluding hydrogens is 500 g/mol. The number of ether oxygens (including phenoxy) is 2. The zero-order valence-electron chi connectivity index (χ0n) is 22.4. The first-order valence-electron chi connectivity index (χ1n) is 13.3. The molecule has 0 bridgehead atoms. The van der Waals surface area contributed by atoms with Gasteiger partial charge in [-0.3, -0.25) is 9.59 Å². The van der Waals surface area contributed by atoms with Gasteiger partial charge in [0.1, 0.15) is 6.61 Å². The van der Waals surface area contributed by atoms with E-state index >= 15 is 0 Å². The number of rotatable bonds is 8. The molecule has 9 heteroatoms. The average Bonchev–Trinajstić information content (AvgIpc) is 3.25. The SMILES string of the molecule is CC[C@@]1(O)C(=O)OCc2c1cc1n(c2=O)Cc2c-1nc1ccccc1c2CC[Si](C)(C)CCCOC(C)=O. The van der Waals surface area contributed by atoms with E-state index in [-0.39, 0.29) is 24.6 Å². The van der Waals surface area contributed by atoms with Gasteiger partial charge in [0.05, 0.1) is 35.6 Å². The molecule has 1 atom stereocenters. The molecule has 1 aromatic carbocycles. The molecular formula is C29H34N2O6Si. The van der Waals surface area contributed by atoms with Gasteiger partial charge in [-0.15, -0.1) is 0 Å². The van der Waals surface area contributed by atoms with Crippen LogP contribution in [0.15, 0.2) is 35.1 Å². The highest BCUT2D eigenvalue weighted by Crippen LogP contribution is 2.40. The van der Waals surface area contributed by atoms with Crippen LogP contribution in [0.4, 0.5) is 0 Å². The number of aromatic nitrogens is 2. The molecule has 2 aliphatic rings. The van der Waals surface area contributed by atoms with E-state index < -0.39 is 19.6 Å². The maximum absolute atomic E-state index is 13.6. The van der Waals surface area contributed by atoms with Crippen molar-refractivity contribution < 1.29 is 24.2 Å². The van der Waals surface area contributed by atoms with Gasteiger partial charge >= 0.3 is 11.9 Å². The van der Waals surface area contributed by atoms with Gasteiger partial charge < -0.3 is 19.1 Å². The van der Waals surface area contributed by atoms with E-state index in [2.05, 4.69) is 19.2 Å². The summed E-state index contributed by atoms with van der Waals surface area (Å²) in [6, 6.07) is 11.9. The number of hydrogen-bond donors (Lipinski definition) is 1. The standard InChI is InChI=1S/C29H34N2O6Si/c1-5-29(35)23-15-25-26-21(16-31(25)27(33)22(23)17-37-28(29)34)19(20-9-6-7-10-24(20)30-26)11-14-38(3,4)13-8-12-36-18(2)32/h6-7,9-10,15,35H,5,8,11-14,16-17H2,1-4H3/t29-/m0/s1. The molecule has 0 saturated carbocycles. The van der Waals surface area contributed by atoms with E-state index in [1.807, 2.05) is 18.2 Å². The van der Waals surface area contributed by atoms with Crippen molar-refractivity contribution in [2.24, 2.45) is 0 Å². The molecule has 200 valence electrons. The van der Waals surface area contributed by atoms with E-state index in [9.17, 15) is 19.5 Å². The van der Waals surface area contributed by atoms with Gasteiger partial charge in [0.25, 0.3) is 5.56 Å². The third-order valence-corrected chi connectivity index (χ3v) is 11.4. The Morgan fingerprint density at radius 1 is 1.21 bits per heavy atom. The van der Waals surface area contributed by atoms with Crippen LogP contribution in [0.2, 0.25) is 25.2 Å². The van der Waals surface area contributed by atoms with Crippen molar-refractivity contribution in [3.8, 4) is 11.4 Å². The number of hydrogen-bond acceptors (Lipinski definition) is 7. The second-order valence-electron chi connectivity index (χ2n) is 11.1. The van der Waals surface area contributed by atoms with Crippen LogP contribution >= 0.6 is 0 Å². The fourth-order valence-corrected chi connectivity index (χ4v) is 8.03. The van der Waals surface area contributed by atoms with Crippen molar-refractivity contribution in [3.63, 3.8) is 0 Å². The molecule has 3 aromatic rings. The van der Waals surface area contributed by atoms with Gasteiger partial charge in [-0.1, -0.05) is 50.3 Å². The van der Waals surface area contributed by atoms with Gasteiger partial charge in [0.2, 0.25) is 0 Å². The quantitative estimate of drug-likeness (QED) is 0.204. The van der Waals surface area contributed by atoms with Crippen LogP contribution in [0.5, 0.6) is 0 Å². The lowest BCUT2D eigenvalue weighted by atomic mass is 9.86. The van der Waals surface area contributed by atoms with Crippen LogP contribution in [0.3, 0.4) is 0 Å². The number of aliphatic hydroxyl groups is 1. The van der Waals surface area contributed by atoms with Crippen molar-refractivity contribution in [1.29, 1.82) is 0 Å². The number of carbonyl (C=O) groups is 2. The number of carbonyl (C=O) groups excluding carboxylic acids is 2. The summed E-state index contributed by atoms with van der Waals surface area (Å²) in [7, 11) is -1.59. The first-order valence-corrected chi connectivity index (χ1v) is 16.7. The van der Waals surface area contributed by atoms with E-state index in [4.69, 9.17) is 14.5 Å². The van der Waals surface area contributed by atoms with Gasteiger partial charge in [-0.2, -0.15) is 0 Å². The minimum absolute atomic E-state index is 0.113. The zero-order valence-corrected chi connectivity index (χ0v) is 23.4. The molecule has 8 nitrogen and oxygen atoms in total. The highest BCUT2D eigenvalue weighted by molar-refractivity contribution is 6.77. The third kappa shape index (κ3) is 4.47. The number of fused-ring (bicyclic) bond motifs is 5. The van der Waals surface area contributed by atoms with Crippen molar-refractivity contribution in [2.45, 2.75) is 77.0 Å². The Balaban J connectivity index is 1.55. The average molecular weight is 535 g/mol. The smallest absolute Gasteiger partial charge is 0.343 e. The lowest BCUT2D eigenvalue weighted by Crippen LogP contribution is -2.44. The summed E-state index contributed by atoms with van der Waals surface area (Å²) in [5.41, 5.74) is 3.04. The maximum Gasteiger partial charge on any atom is 0.343 e. The summed E-state index contributed by atoms with van der Waals surface area (Å²) in [5, 5.41) is 12.2. The highest BCUT2D eigenvalue weighted by atomic mass is 28.3. The summed E-state index contributed by atoms with van der Waals surface area (Å²) in [6.45, 7) is 8.58. The lowest BCUT2D eigenvalue weighted by Gasteiger charge is -2.31. The molecule has 0 unspecified atom stereocenters. The van der Waals surface area contributed by atoms with Crippen molar-refractivity contribution >= 4 is 30.9 Å². The Labute approximate surface area is 222 Å². The molecule has 5 rings (SSSR count). The second-order valence-corrected chi connectivity index (χ2v) is 16.5. The summed E-state index contributed by atoms with van der Waals surface area (Å²) in [4.78, 5) is 42.2. The molecule has 0 amide bonds. The molecule has 38 heavy (non-hydrogen) atoms. The fraction of sp³-hybridized carbons (Fsp3) is 0.448. The monoisotopic (exact) mass is 534 g/mol. The van der Waals surface area contributed by atoms with Crippen molar-refractivity contribution in [3.05, 3.63) is 62.9 Å². The predicted molar refractivity (Wildman–Crippen MR) is 147 cm³/mol. The Kier molecular flexibility index (Phi) is 6.77. The van der Waals surface area contributed by atoms with Crippen molar-refractivity contribution in [2.75, 3.05) is 6.61 Å². The molecule has 0 spiro atoms. The number of cyclic esters (lactones) is 1. The van der Waals surface area contributed by atoms with Crippen LogP contribution < -0.4 is 5.56 Å². The number of para-hydroxylation sites is 1. The summed E-state index contributed by atoms with van der Waals surface area (Å²) < 4.78 is 12.0. The van der Waals surface area contributed by atoms with Crippen LogP contribution in [0, 0.1) is 0 Å². The zero-order chi connectivity index (χ0) is 27.2. The molecule has 1 N–H and O–H groups in total. The normalized spacial score (nSPS) is 18.1. The van der Waals surface area contributed by atoms with E-state index in [1.165, 1.54) is 12.5 Å². The Bertz CT molecular complexity index is 1510. The summed E-state index contributed by atoms with van der Waals surface area (Å²) in [6.07, 6.45) is 1.84. The summed E-state index contributed by atoms with van der Waals surface area (Å²) in [5.74, 6) is -0.962. The molecule has 0 aliphatic carbocycles.